The smallest absolute Gasteiger partial charge is 0.0740 e. The third-order valence-corrected chi connectivity index (χ3v) is 1.64. The van der Waals surface area contributed by atoms with Crippen LogP contribution in [0.3, 0.4) is 0 Å². The monoisotopic (exact) mass is 198 g/mol. The van der Waals surface area contributed by atoms with Crippen LogP contribution in [0.2, 0.25) is 0 Å². The number of nitrogens with zero attached hydrogens (tertiary/aromatic N) is 2. The fourth-order valence-electron chi connectivity index (χ4n) is 0.921. The molecule has 0 heterocycles. The third kappa shape index (κ3) is 4.72. The molecule has 0 saturated heterocycles. The van der Waals surface area contributed by atoms with E-state index in [1.165, 1.54) is 0 Å². The van der Waals surface area contributed by atoms with Crippen LogP contribution >= 0.6 is 0 Å². The summed E-state index contributed by atoms with van der Waals surface area (Å²) in [5.74, 6) is 0. The van der Waals surface area contributed by atoms with Crippen molar-refractivity contribution >= 4 is 18.1 Å². The van der Waals surface area contributed by atoms with Gasteiger partial charge in [-0.05, 0) is 25.1 Å². The molecule has 0 aromatic heterocycles. The molecule has 0 saturated carbocycles. The molecule has 0 aliphatic heterocycles. The summed E-state index contributed by atoms with van der Waals surface area (Å²) in [6.07, 6.45) is 7.10. The average molecular weight is 198 g/mol. The first-order valence-corrected chi connectivity index (χ1v) is 4.76. The Morgan fingerprint density at radius 3 is 2.67 bits per heavy atom. The lowest BCUT2D eigenvalue weighted by molar-refractivity contribution is 1.48. The molecule has 2 nitrogen and oxygen atoms in total. The van der Waals surface area contributed by atoms with Crippen molar-refractivity contribution in [1.29, 1.82) is 0 Å². The summed E-state index contributed by atoms with van der Waals surface area (Å²) in [5.41, 5.74) is 1.54. The van der Waals surface area contributed by atoms with Crippen LogP contribution in [-0.4, -0.2) is 12.4 Å². The van der Waals surface area contributed by atoms with E-state index in [4.69, 9.17) is 0 Å². The van der Waals surface area contributed by atoms with Gasteiger partial charge in [0.2, 0.25) is 0 Å². The molecule has 0 fully saturated rings. The summed E-state index contributed by atoms with van der Waals surface area (Å²) in [4.78, 5) is 8.30. The van der Waals surface area contributed by atoms with Crippen LogP contribution in [0.25, 0.3) is 0 Å². The van der Waals surface area contributed by atoms with E-state index in [9.17, 15) is 0 Å². The lowest BCUT2D eigenvalue weighted by Crippen LogP contribution is -1.77. The van der Waals surface area contributed by atoms with Crippen LogP contribution in [-0.2, 0) is 0 Å². The van der Waals surface area contributed by atoms with Crippen LogP contribution in [0.4, 0.5) is 5.69 Å². The second-order valence-corrected chi connectivity index (χ2v) is 2.89. The first-order valence-electron chi connectivity index (χ1n) is 4.76. The molecule has 0 bridgehead atoms. The first-order chi connectivity index (χ1) is 7.33. The van der Waals surface area contributed by atoms with Gasteiger partial charge in [-0.25, -0.2) is 0 Å². The van der Waals surface area contributed by atoms with Crippen molar-refractivity contribution in [1.82, 2.24) is 0 Å². The first kappa shape index (κ1) is 11.1. The summed E-state index contributed by atoms with van der Waals surface area (Å²) in [5, 5.41) is 0. The quantitative estimate of drug-likeness (QED) is 0.661. The van der Waals surface area contributed by atoms with Crippen LogP contribution in [0.1, 0.15) is 6.92 Å². The Kier molecular flexibility index (Phi) is 4.81. The number of rotatable bonds is 4. The van der Waals surface area contributed by atoms with Gasteiger partial charge >= 0.3 is 0 Å². The summed E-state index contributed by atoms with van der Waals surface area (Å²) < 4.78 is 0. The Bertz CT molecular complexity index is 386. The number of para-hydroxylation sites is 1. The minimum absolute atomic E-state index is 0.636. The highest BCUT2D eigenvalue weighted by Gasteiger charge is 1.84. The molecule has 0 aliphatic carbocycles. The predicted molar refractivity (Wildman–Crippen MR) is 67.0 cm³/mol. The fourth-order valence-corrected chi connectivity index (χ4v) is 0.921. The molecule has 0 aliphatic rings. The molecule has 0 amide bonds. The van der Waals surface area contributed by atoms with E-state index in [1.54, 1.807) is 12.4 Å². The average Bonchev–Trinajstić information content (AvgIpc) is 2.28. The number of hydrogen-bond donors (Lipinski definition) is 0. The molecule has 15 heavy (non-hydrogen) atoms. The van der Waals surface area contributed by atoms with E-state index in [0.717, 1.165) is 5.69 Å². The Hall–Kier alpha value is -1.96. The molecule has 1 rings (SSSR count). The maximum atomic E-state index is 4.22. The van der Waals surface area contributed by atoms with Crippen molar-refractivity contribution in [3.8, 4) is 0 Å². The van der Waals surface area contributed by atoms with Gasteiger partial charge in [0, 0.05) is 6.21 Å². The highest BCUT2D eigenvalue weighted by molar-refractivity contribution is 5.84. The Labute approximate surface area is 90.4 Å². The van der Waals surface area contributed by atoms with E-state index in [-0.39, 0.29) is 0 Å². The minimum Gasteiger partial charge on any atom is -0.256 e. The van der Waals surface area contributed by atoms with Crippen molar-refractivity contribution < 1.29 is 0 Å². The molecule has 1 aromatic carbocycles. The van der Waals surface area contributed by atoms with Crippen LogP contribution < -0.4 is 0 Å². The number of allylic oxidation sites excluding steroid dienone is 3. The molecule has 0 radical (unpaired) electrons. The largest absolute Gasteiger partial charge is 0.256 e. The zero-order valence-electron chi connectivity index (χ0n) is 8.80. The molecule has 0 unspecified atom stereocenters. The highest BCUT2D eigenvalue weighted by Crippen LogP contribution is 2.09. The van der Waals surface area contributed by atoms with Gasteiger partial charge in [-0.1, -0.05) is 30.9 Å². The minimum atomic E-state index is 0.636. The maximum absolute atomic E-state index is 4.22. The van der Waals surface area contributed by atoms with E-state index in [1.807, 2.05) is 49.4 Å². The van der Waals surface area contributed by atoms with Gasteiger partial charge in [-0.3, -0.25) is 9.98 Å². The molecule has 0 spiro atoms. The second-order valence-electron chi connectivity index (χ2n) is 2.89. The van der Waals surface area contributed by atoms with Crippen molar-refractivity contribution in [3.63, 3.8) is 0 Å². The van der Waals surface area contributed by atoms with E-state index >= 15 is 0 Å². The molecule has 0 atom stereocenters. The number of aliphatic imine (C=N–C) groups is 2. The summed E-state index contributed by atoms with van der Waals surface area (Å²) in [6.45, 7) is 5.70. The van der Waals surface area contributed by atoms with Gasteiger partial charge in [0.1, 0.15) is 0 Å². The second kappa shape index (κ2) is 6.49. The van der Waals surface area contributed by atoms with E-state index < -0.39 is 0 Å². The molecular weight excluding hydrogens is 184 g/mol. The van der Waals surface area contributed by atoms with Gasteiger partial charge in [0.05, 0.1) is 17.6 Å². The van der Waals surface area contributed by atoms with Crippen LogP contribution in [0.15, 0.2) is 64.7 Å². The normalized spacial score (nSPS) is 11.8. The SMILES string of the molecule is C=C(C=Nc1ccccc1)N=C/C=C\C. The predicted octanol–water partition coefficient (Wildman–Crippen LogP) is 3.55. The van der Waals surface area contributed by atoms with Crippen molar-refractivity contribution in [2.45, 2.75) is 6.92 Å². The molecular formula is C13H14N2. The molecule has 2 heteroatoms. The van der Waals surface area contributed by atoms with Gasteiger partial charge in [0.15, 0.2) is 0 Å². The highest BCUT2D eigenvalue weighted by atomic mass is 14.8. The summed E-state index contributed by atoms with van der Waals surface area (Å²) in [7, 11) is 0. The Morgan fingerprint density at radius 1 is 1.27 bits per heavy atom. The fraction of sp³-hybridized carbons (Fsp3) is 0.0769. The lowest BCUT2D eigenvalue weighted by Gasteiger charge is -1.91. The lowest BCUT2D eigenvalue weighted by atomic mass is 10.3. The van der Waals surface area contributed by atoms with Crippen LogP contribution in [0, 0.1) is 0 Å². The van der Waals surface area contributed by atoms with E-state index in [0.29, 0.717) is 5.70 Å². The zero-order valence-corrected chi connectivity index (χ0v) is 8.80. The number of hydrogen-bond acceptors (Lipinski definition) is 2. The summed E-state index contributed by atoms with van der Waals surface area (Å²) in [6, 6.07) is 9.70. The van der Waals surface area contributed by atoms with Gasteiger partial charge < -0.3 is 0 Å². The zero-order chi connectivity index (χ0) is 10.9. The standard InChI is InChI=1S/C13H14N2/c1-3-4-10-14-12(2)11-15-13-8-6-5-7-9-13/h3-11H,2H2,1H3/b4-3-,14-10?,15-11?. The van der Waals surface area contributed by atoms with Gasteiger partial charge in [0.25, 0.3) is 0 Å². The topological polar surface area (TPSA) is 24.7 Å². The molecule has 1 aromatic rings. The molecule has 0 N–H and O–H groups in total. The Morgan fingerprint density at radius 2 is 2.00 bits per heavy atom. The van der Waals surface area contributed by atoms with Gasteiger partial charge in [-0.15, -0.1) is 0 Å². The maximum Gasteiger partial charge on any atom is 0.0740 e. The molecule has 76 valence electrons. The number of benzene rings is 1. The third-order valence-electron chi connectivity index (χ3n) is 1.64. The summed E-state index contributed by atoms with van der Waals surface area (Å²) >= 11 is 0. The van der Waals surface area contributed by atoms with Gasteiger partial charge in [-0.2, -0.15) is 0 Å². The van der Waals surface area contributed by atoms with Crippen molar-refractivity contribution in [2.75, 3.05) is 0 Å². The van der Waals surface area contributed by atoms with Crippen LogP contribution in [0.5, 0.6) is 0 Å². The Balaban J connectivity index is 2.55. The van der Waals surface area contributed by atoms with E-state index in [2.05, 4.69) is 16.6 Å². The van der Waals surface area contributed by atoms with Crippen molar-refractivity contribution in [3.05, 3.63) is 54.8 Å². The van der Waals surface area contributed by atoms with Crippen molar-refractivity contribution in [2.24, 2.45) is 9.98 Å².